The van der Waals surface area contributed by atoms with Gasteiger partial charge in [0.25, 0.3) is 0 Å². The topological polar surface area (TPSA) is 66.4 Å². The molecule has 1 amide bonds. The number of amides is 1. The summed E-state index contributed by atoms with van der Waals surface area (Å²) in [5.74, 6) is -0.930. The molecule has 4 nitrogen and oxygen atoms in total. The fourth-order valence-electron chi connectivity index (χ4n) is 4.67. The van der Waals surface area contributed by atoms with Crippen molar-refractivity contribution >= 4 is 11.9 Å². The van der Waals surface area contributed by atoms with Gasteiger partial charge < -0.3 is 10.4 Å². The van der Waals surface area contributed by atoms with E-state index in [4.69, 9.17) is 5.11 Å². The number of carbonyl (C=O) groups excluding carboxylic acids is 1. The van der Waals surface area contributed by atoms with E-state index in [1.807, 2.05) is 0 Å². The Balaban J connectivity index is 1.70. The number of hydrogen-bond acceptors (Lipinski definition) is 2. The van der Waals surface area contributed by atoms with E-state index in [9.17, 15) is 9.59 Å². The minimum Gasteiger partial charge on any atom is -0.481 e. The van der Waals surface area contributed by atoms with Gasteiger partial charge in [0.05, 0.1) is 11.8 Å². The minimum atomic E-state index is -0.835. The molecular weight excluding hydrogens is 242 g/mol. The Morgan fingerprint density at radius 3 is 2.37 bits per heavy atom. The Hall–Kier alpha value is -1.06. The van der Waals surface area contributed by atoms with E-state index in [1.165, 1.54) is 19.3 Å². The predicted molar refractivity (Wildman–Crippen MR) is 70.4 cm³/mol. The van der Waals surface area contributed by atoms with Crippen LogP contribution in [0.2, 0.25) is 0 Å². The minimum absolute atomic E-state index is 0.0424. The molecule has 5 unspecified atom stereocenters. The Morgan fingerprint density at radius 1 is 1.21 bits per heavy atom. The van der Waals surface area contributed by atoms with Gasteiger partial charge in [-0.05, 0) is 42.4 Å². The first-order valence-electron chi connectivity index (χ1n) is 7.29. The van der Waals surface area contributed by atoms with Crippen molar-refractivity contribution in [1.82, 2.24) is 5.32 Å². The predicted octanol–water partition coefficient (Wildman–Crippen LogP) is 2.04. The van der Waals surface area contributed by atoms with Crippen LogP contribution in [0.25, 0.3) is 0 Å². The molecule has 0 spiro atoms. The van der Waals surface area contributed by atoms with E-state index in [-0.39, 0.29) is 28.7 Å². The molecule has 3 aliphatic rings. The molecule has 0 radical (unpaired) electrons. The summed E-state index contributed by atoms with van der Waals surface area (Å²) in [6, 6.07) is 0.196. The zero-order valence-electron chi connectivity index (χ0n) is 11.9. The highest BCUT2D eigenvalue weighted by molar-refractivity contribution is 5.89. The van der Waals surface area contributed by atoms with Crippen LogP contribution in [0.3, 0.4) is 0 Å². The average molecular weight is 265 g/mol. The van der Waals surface area contributed by atoms with Gasteiger partial charge >= 0.3 is 5.97 Å². The van der Waals surface area contributed by atoms with Gasteiger partial charge in [-0.1, -0.05) is 20.8 Å². The number of hydrogen-bond donors (Lipinski definition) is 2. The lowest BCUT2D eigenvalue weighted by Crippen LogP contribution is -2.52. The molecule has 0 aromatic carbocycles. The number of rotatable bonds is 3. The Bertz CT molecular complexity index is 440. The van der Waals surface area contributed by atoms with Crippen LogP contribution in [-0.2, 0) is 9.59 Å². The lowest BCUT2D eigenvalue weighted by molar-refractivity contribution is -0.140. The van der Waals surface area contributed by atoms with Crippen molar-refractivity contribution < 1.29 is 14.7 Å². The van der Waals surface area contributed by atoms with Crippen LogP contribution in [0.15, 0.2) is 0 Å². The molecule has 5 atom stereocenters. The molecule has 19 heavy (non-hydrogen) atoms. The summed E-state index contributed by atoms with van der Waals surface area (Å²) >= 11 is 0. The maximum absolute atomic E-state index is 12.2. The largest absolute Gasteiger partial charge is 0.481 e. The summed E-state index contributed by atoms with van der Waals surface area (Å²) in [5.41, 5.74) is 0.341. The third-order valence-electron chi connectivity index (χ3n) is 6.00. The summed E-state index contributed by atoms with van der Waals surface area (Å²) in [6.07, 6.45) is 4.14. The van der Waals surface area contributed by atoms with Crippen LogP contribution >= 0.6 is 0 Å². The van der Waals surface area contributed by atoms with Gasteiger partial charge in [0.2, 0.25) is 5.91 Å². The number of carboxylic acids is 1. The molecule has 4 heteroatoms. The van der Waals surface area contributed by atoms with E-state index < -0.39 is 11.9 Å². The molecule has 3 saturated carbocycles. The zero-order valence-corrected chi connectivity index (χ0v) is 11.9. The average Bonchev–Trinajstić information content (AvgIpc) is 2.98. The molecule has 0 aromatic heterocycles. The monoisotopic (exact) mass is 265 g/mol. The molecule has 0 heterocycles. The van der Waals surface area contributed by atoms with Gasteiger partial charge in [0.15, 0.2) is 0 Å². The third-order valence-corrected chi connectivity index (χ3v) is 6.00. The molecule has 0 aromatic rings. The van der Waals surface area contributed by atoms with E-state index in [1.54, 1.807) is 0 Å². The number of carbonyl (C=O) groups is 2. The normalized spacial score (nSPS) is 46.1. The van der Waals surface area contributed by atoms with Crippen molar-refractivity contribution in [3.8, 4) is 0 Å². The highest BCUT2D eigenvalue weighted by atomic mass is 16.4. The third kappa shape index (κ3) is 1.79. The second kappa shape index (κ2) is 3.74. The summed E-state index contributed by atoms with van der Waals surface area (Å²) in [7, 11) is 0. The zero-order chi connectivity index (χ0) is 14.0. The SMILES string of the molecule is CC12CCC(C1)C(C)(C)C2NC(=O)C1CC1C(=O)O. The van der Waals surface area contributed by atoms with Crippen molar-refractivity contribution in [3.63, 3.8) is 0 Å². The van der Waals surface area contributed by atoms with Crippen molar-refractivity contribution in [3.05, 3.63) is 0 Å². The van der Waals surface area contributed by atoms with Crippen LogP contribution in [0.4, 0.5) is 0 Å². The summed E-state index contributed by atoms with van der Waals surface area (Å²) in [5, 5.41) is 12.1. The highest BCUT2D eigenvalue weighted by Gasteiger charge is 2.60. The Kier molecular flexibility index (Phi) is 2.55. The van der Waals surface area contributed by atoms with Crippen molar-refractivity contribution in [2.45, 2.75) is 52.5 Å². The van der Waals surface area contributed by atoms with Gasteiger partial charge in [-0.2, -0.15) is 0 Å². The summed E-state index contributed by atoms with van der Waals surface area (Å²) in [4.78, 5) is 23.1. The molecule has 3 aliphatic carbocycles. The quantitative estimate of drug-likeness (QED) is 0.820. The number of carboxylic acid groups (broad SMARTS) is 1. The number of aliphatic carboxylic acids is 1. The van der Waals surface area contributed by atoms with Gasteiger partial charge in [0.1, 0.15) is 0 Å². The van der Waals surface area contributed by atoms with E-state index in [0.29, 0.717) is 12.3 Å². The van der Waals surface area contributed by atoms with Crippen molar-refractivity contribution in [2.24, 2.45) is 28.6 Å². The van der Waals surface area contributed by atoms with E-state index >= 15 is 0 Å². The highest BCUT2D eigenvalue weighted by Crippen LogP contribution is 2.62. The fourth-order valence-corrected chi connectivity index (χ4v) is 4.67. The first kappa shape index (κ1) is 12.9. The van der Waals surface area contributed by atoms with Gasteiger partial charge in [-0.15, -0.1) is 0 Å². The van der Waals surface area contributed by atoms with E-state index in [0.717, 1.165) is 0 Å². The van der Waals surface area contributed by atoms with Crippen molar-refractivity contribution in [1.29, 1.82) is 0 Å². The van der Waals surface area contributed by atoms with Gasteiger partial charge in [0, 0.05) is 6.04 Å². The Morgan fingerprint density at radius 2 is 1.89 bits per heavy atom. The van der Waals surface area contributed by atoms with Crippen LogP contribution in [0, 0.1) is 28.6 Å². The van der Waals surface area contributed by atoms with Gasteiger partial charge in [-0.3, -0.25) is 9.59 Å². The molecular formula is C15H23NO3. The maximum atomic E-state index is 12.2. The number of nitrogens with one attached hydrogen (secondary N) is 1. The molecule has 2 bridgehead atoms. The first-order valence-corrected chi connectivity index (χ1v) is 7.29. The van der Waals surface area contributed by atoms with Crippen LogP contribution < -0.4 is 5.32 Å². The van der Waals surface area contributed by atoms with Gasteiger partial charge in [-0.25, -0.2) is 0 Å². The van der Waals surface area contributed by atoms with Crippen LogP contribution in [0.5, 0.6) is 0 Å². The molecule has 3 rings (SSSR count). The lowest BCUT2D eigenvalue weighted by atomic mass is 9.68. The summed E-state index contributed by atoms with van der Waals surface area (Å²) in [6.45, 7) is 6.76. The Labute approximate surface area is 113 Å². The van der Waals surface area contributed by atoms with Crippen LogP contribution in [0.1, 0.15) is 46.5 Å². The molecule has 106 valence electrons. The smallest absolute Gasteiger partial charge is 0.307 e. The van der Waals surface area contributed by atoms with Crippen LogP contribution in [-0.4, -0.2) is 23.0 Å². The molecule has 2 N–H and O–H groups in total. The molecule has 3 fully saturated rings. The lowest BCUT2D eigenvalue weighted by Gasteiger charge is -2.43. The van der Waals surface area contributed by atoms with Crippen molar-refractivity contribution in [2.75, 3.05) is 0 Å². The first-order chi connectivity index (χ1) is 8.75. The van der Waals surface area contributed by atoms with E-state index in [2.05, 4.69) is 26.1 Å². The summed E-state index contributed by atoms with van der Waals surface area (Å²) < 4.78 is 0. The fraction of sp³-hybridized carbons (Fsp3) is 0.867. The standard InChI is InChI=1S/C15H23NO3/c1-14(2)8-4-5-15(3,7-8)13(14)16-11(17)9-6-10(9)12(18)19/h8-10,13H,4-7H2,1-3H3,(H,16,17)(H,18,19). The molecule has 0 saturated heterocycles. The number of fused-ring (bicyclic) bond motifs is 2. The maximum Gasteiger partial charge on any atom is 0.307 e. The second-order valence-electron chi connectivity index (χ2n) is 7.64. The molecule has 0 aliphatic heterocycles. The second-order valence-corrected chi connectivity index (χ2v) is 7.64.